The van der Waals surface area contributed by atoms with E-state index < -0.39 is 18.3 Å². The summed E-state index contributed by atoms with van der Waals surface area (Å²) in [6.07, 6.45) is 4.67. The Morgan fingerprint density at radius 3 is 2.61 bits per heavy atom. The molecule has 1 spiro atoms. The van der Waals surface area contributed by atoms with Crippen molar-refractivity contribution in [2.45, 2.75) is 50.9 Å². The number of nitrogens with zero attached hydrogens (tertiary/aromatic N) is 5. The fourth-order valence-corrected chi connectivity index (χ4v) is 5.03. The maximum atomic E-state index is 13.6. The van der Waals surface area contributed by atoms with Crippen molar-refractivity contribution >= 4 is 11.6 Å². The lowest BCUT2D eigenvalue weighted by Gasteiger charge is -2.34. The average molecular weight is 457 g/mol. The van der Waals surface area contributed by atoms with Crippen LogP contribution in [0.5, 0.6) is 5.75 Å². The number of ether oxygens (including phenoxy) is 1. The minimum Gasteiger partial charge on any atom is -0.495 e. The summed E-state index contributed by atoms with van der Waals surface area (Å²) in [7, 11) is 1.56. The number of methoxy groups -OCH3 is 1. The van der Waals surface area contributed by atoms with E-state index in [9.17, 15) is 18.0 Å². The van der Waals surface area contributed by atoms with Gasteiger partial charge in [-0.2, -0.15) is 18.3 Å². The van der Waals surface area contributed by atoms with E-state index in [0.29, 0.717) is 41.2 Å². The van der Waals surface area contributed by atoms with Gasteiger partial charge in [0.1, 0.15) is 12.3 Å². The number of halogens is 3. The normalized spacial score (nSPS) is 17.1. The number of hydrogen-bond acceptors (Lipinski definition) is 5. The first-order chi connectivity index (χ1) is 15.7. The highest BCUT2D eigenvalue weighted by Crippen LogP contribution is 2.52. The third kappa shape index (κ3) is 3.53. The largest absolute Gasteiger partial charge is 0.495 e. The molecule has 172 valence electrons. The Bertz CT molecular complexity index is 1230. The number of fused-ring (bicyclic) bond motifs is 2. The molecule has 3 aromatic heterocycles. The molecule has 0 aromatic carbocycles. The summed E-state index contributed by atoms with van der Waals surface area (Å²) in [5.74, 6) is 0.344. The fourth-order valence-electron chi connectivity index (χ4n) is 5.03. The lowest BCUT2D eigenvalue weighted by molar-refractivity contribution is -0.142. The minimum atomic E-state index is -4.40. The number of pyridine rings is 2. The minimum absolute atomic E-state index is 0.251. The first kappa shape index (κ1) is 21.4. The number of amides is 1. The summed E-state index contributed by atoms with van der Waals surface area (Å²) in [6, 6.07) is 3.67. The second kappa shape index (κ2) is 7.57. The molecule has 2 aliphatic rings. The predicted molar refractivity (Wildman–Crippen MR) is 114 cm³/mol. The molecule has 0 atom stereocenters. The molecule has 0 unspecified atom stereocenters. The molecule has 3 aromatic rings. The molecule has 0 saturated heterocycles. The van der Waals surface area contributed by atoms with E-state index >= 15 is 0 Å². The third-order valence-corrected chi connectivity index (χ3v) is 6.40. The lowest BCUT2D eigenvalue weighted by Crippen LogP contribution is -2.42. The van der Waals surface area contributed by atoms with Crippen LogP contribution in [0.25, 0.3) is 11.3 Å². The van der Waals surface area contributed by atoms with Crippen LogP contribution in [0.15, 0.2) is 36.9 Å². The number of aromatic nitrogens is 4. The van der Waals surface area contributed by atoms with Crippen molar-refractivity contribution in [3.63, 3.8) is 0 Å². The van der Waals surface area contributed by atoms with E-state index in [-0.39, 0.29) is 5.91 Å². The standard InChI is InChI=1S/C23H22F3N5O2/c1-14-7-18(15-8-17(33-2)11-27-9-15)29-20-19(14)21(32)31(22(20)5-3-4-6-22)16-10-28-30(12-16)13-23(24,25)26/h7-12H,3-6,13H2,1-2H3. The van der Waals surface area contributed by atoms with Crippen molar-refractivity contribution in [2.24, 2.45) is 0 Å². The van der Waals surface area contributed by atoms with Gasteiger partial charge in [-0.25, -0.2) is 4.98 Å². The fraction of sp³-hybridized carbons (Fsp3) is 0.391. The van der Waals surface area contributed by atoms with Crippen molar-refractivity contribution in [3.05, 3.63) is 53.7 Å². The van der Waals surface area contributed by atoms with E-state index in [1.54, 1.807) is 24.4 Å². The van der Waals surface area contributed by atoms with Gasteiger partial charge in [-0.05, 0) is 37.5 Å². The molecular formula is C23H22F3N5O2. The summed E-state index contributed by atoms with van der Waals surface area (Å²) in [4.78, 5) is 24.4. The van der Waals surface area contributed by atoms with Gasteiger partial charge >= 0.3 is 6.18 Å². The summed E-state index contributed by atoms with van der Waals surface area (Å²) in [5, 5.41) is 3.86. The van der Waals surface area contributed by atoms with E-state index in [1.165, 1.54) is 12.4 Å². The van der Waals surface area contributed by atoms with Gasteiger partial charge in [0.05, 0.1) is 47.7 Å². The van der Waals surface area contributed by atoms with E-state index in [1.807, 2.05) is 19.1 Å². The zero-order chi connectivity index (χ0) is 23.4. The van der Waals surface area contributed by atoms with Crippen LogP contribution in [0, 0.1) is 6.92 Å². The van der Waals surface area contributed by atoms with Gasteiger partial charge in [0.2, 0.25) is 0 Å². The average Bonchev–Trinajstić information content (AvgIpc) is 3.47. The van der Waals surface area contributed by atoms with Crippen LogP contribution in [-0.2, 0) is 12.1 Å². The summed E-state index contributed by atoms with van der Waals surface area (Å²) < 4.78 is 44.7. The van der Waals surface area contributed by atoms with Crippen molar-refractivity contribution in [2.75, 3.05) is 12.0 Å². The van der Waals surface area contributed by atoms with Crippen LogP contribution in [0.2, 0.25) is 0 Å². The van der Waals surface area contributed by atoms with Crippen LogP contribution >= 0.6 is 0 Å². The van der Waals surface area contributed by atoms with Crippen molar-refractivity contribution in [1.29, 1.82) is 0 Å². The number of rotatable bonds is 4. The van der Waals surface area contributed by atoms with Gasteiger partial charge in [0.15, 0.2) is 0 Å². The van der Waals surface area contributed by atoms with Crippen LogP contribution in [0.4, 0.5) is 18.9 Å². The highest BCUT2D eigenvalue weighted by Gasteiger charge is 2.54. The monoisotopic (exact) mass is 457 g/mol. The topological polar surface area (TPSA) is 73.1 Å². The molecule has 0 N–H and O–H groups in total. The van der Waals surface area contributed by atoms with Gasteiger partial charge in [-0.1, -0.05) is 12.8 Å². The molecular weight excluding hydrogens is 435 g/mol. The Morgan fingerprint density at radius 1 is 1.15 bits per heavy atom. The molecule has 1 aliphatic heterocycles. The lowest BCUT2D eigenvalue weighted by atomic mass is 9.90. The zero-order valence-corrected chi connectivity index (χ0v) is 18.2. The van der Waals surface area contributed by atoms with Crippen LogP contribution in [-0.4, -0.2) is 38.9 Å². The SMILES string of the molecule is COc1cncc(-c2cc(C)c3c(n2)C2(CCCC2)N(c2cnn(CC(F)(F)F)c2)C3=O)c1. The van der Waals surface area contributed by atoms with E-state index in [2.05, 4.69) is 10.1 Å². The number of carbonyl (C=O) groups is 1. The molecule has 1 aliphatic carbocycles. The predicted octanol–water partition coefficient (Wildman–Crippen LogP) is 4.65. The van der Waals surface area contributed by atoms with E-state index in [4.69, 9.17) is 9.72 Å². The van der Waals surface area contributed by atoms with Crippen molar-refractivity contribution in [3.8, 4) is 17.0 Å². The molecule has 5 rings (SSSR count). The second-order valence-corrected chi connectivity index (χ2v) is 8.55. The van der Waals surface area contributed by atoms with Crippen LogP contribution in [0.1, 0.15) is 47.3 Å². The maximum absolute atomic E-state index is 13.6. The number of aryl methyl sites for hydroxylation is 1. The first-order valence-electron chi connectivity index (χ1n) is 10.7. The molecule has 1 fully saturated rings. The third-order valence-electron chi connectivity index (χ3n) is 6.40. The number of alkyl halides is 3. The Kier molecular flexibility index (Phi) is 4.91. The molecule has 10 heteroatoms. The van der Waals surface area contributed by atoms with Crippen LogP contribution in [0.3, 0.4) is 0 Å². The molecule has 1 saturated carbocycles. The van der Waals surface area contributed by atoms with Crippen molar-refractivity contribution in [1.82, 2.24) is 19.7 Å². The number of carbonyl (C=O) groups excluding carboxylic acids is 1. The molecule has 0 bridgehead atoms. The summed E-state index contributed by atoms with van der Waals surface area (Å²) >= 11 is 0. The van der Waals surface area contributed by atoms with Gasteiger partial charge in [-0.3, -0.25) is 19.4 Å². The quantitative estimate of drug-likeness (QED) is 0.570. The Balaban J connectivity index is 1.62. The molecule has 7 nitrogen and oxygen atoms in total. The zero-order valence-electron chi connectivity index (χ0n) is 18.2. The Hall–Kier alpha value is -3.43. The van der Waals surface area contributed by atoms with Gasteiger partial charge in [0.25, 0.3) is 5.91 Å². The summed E-state index contributed by atoms with van der Waals surface area (Å²) in [6.45, 7) is 0.647. The van der Waals surface area contributed by atoms with Crippen LogP contribution < -0.4 is 9.64 Å². The van der Waals surface area contributed by atoms with Gasteiger partial charge < -0.3 is 4.74 Å². The Morgan fingerprint density at radius 2 is 1.91 bits per heavy atom. The summed E-state index contributed by atoms with van der Waals surface area (Å²) in [5.41, 5.74) is 3.04. The second-order valence-electron chi connectivity index (χ2n) is 8.55. The maximum Gasteiger partial charge on any atom is 0.408 e. The first-order valence-corrected chi connectivity index (χ1v) is 10.7. The van der Waals surface area contributed by atoms with Gasteiger partial charge in [-0.15, -0.1) is 0 Å². The highest BCUT2D eigenvalue weighted by atomic mass is 19.4. The highest BCUT2D eigenvalue weighted by molar-refractivity contribution is 6.12. The number of anilines is 1. The number of hydrogen-bond donors (Lipinski definition) is 0. The van der Waals surface area contributed by atoms with Gasteiger partial charge in [0, 0.05) is 18.0 Å². The smallest absolute Gasteiger partial charge is 0.408 e. The molecule has 0 radical (unpaired) electrons. The molecule has 33 heavy (non-hydrogen) atoms. The molecule has 1 amide bonds. The van der Waals surface area contributed by atoms with Crippen molar-refractivity contribution < 1.29 is 22.7 Å². The Labute approximate surface area is 188 Å². The van der Waals surface area contributed by atoms with E-state index in [0.717, 1.165) is 28.7 Å². The molecule has 4 heterocycles.